The van der Waals surface area contributed by atoms with Crippen molar-refractivity contribution in [1.82, 2.24) is 0 Å². The molecule has 0 unspecified atom stereocenters. The Balaban J connectivity index is 1.65. The van der Waals surface area contributed by atoms with Crippen LogP contribution in [-0.4, -0.2) is 0 Å². The second-order valence-electron chi connectivity index (χ2n) is 7.61. The monoisotopic (exact) mass is 450 g/mol. The van der Waals surface area contributed by atoms with Crippen LogP contribution in [-0.2, 0) is 0 Å². The average molecular weight is 451 g/mol. The van der Waals surface area contributed by atoms with Gasteiger partial charge in [0.2, 0.25) is 0 Å². The minimum Gasteiger partial charge on any atom is -0.0820 e. The molecule has 0 saturated carbocycles. The van der Waals surface area contributed by atoms with Gasteiger partial charge in [0, 0.05) is 11.1 Å². The van der Waals surface area contributed by atoms with E-state index in [1.165, 1.54) is 0 Å². The van der Waals surface area contributed by atoms with E-state index in [0.29, 0.717) is 10.0 Å². The van der Waals surface area contributed by atoms with Gasteiger partial charge in [0.15, 0.2) is 0 Å². The summed E-state index contributed by atoms with van der Waals surface area (Å²) >= 11 is 13.8. The Hall–Kier alpha value is -3.32. The average Bonchev–Trinajstić information content (AvgIpc) is 2.87. The fraction of sp³-hybridized carbons (Fsp3) is 0. The predicted octanol–water partition coefficient (Wildman–Crippen LogP) is 9.66. The van der Waals surface area contributed by atoms with Crippen LogP contribution < -0.4 is 0 Å². The van der Waals surface area contributed by atoms with Crippen LogP contribution in [0.3, 0.4) is 0 Å². The van der Waals surface area contributed by atoms with E-state index < -0.39 is 0 Å². The second-order valence-corrected chi connectivity index (χ2v) is 8.37. The van der Waals surface area contributed by atoms with E-state index >= 15 is 0 Å². The fourth-order valence-corrected chi connectivity index (χ4v) is 4.67. The van der Waals surface area contributed by atoms with E-state index in [9.17, 15) is 0 Å². The van der Waals surface area contributed by atoms with Crippen molar-refractivity contribution in [2.24, 2.45) is 0 Å². The van der Waals surface area contributed by atoms with Crippen LogP contribution >= 0.6 is 23.2 Å². The maximum atomic E-state index is 6.91. The summed E-state index contributed by atoms with van der Waals surface area (Å²) in [7, 11) is 0. The molecule has 0 bridgehead atoms. The molecule has 0 nitrogen and oxygen atoms in total. The Labute approximate surface area is 198 Å². The van der Waals surface area contributed by atoms with Crippen molar-refractivity contribution in [3.63, 3.8) is 0 Å². The SMILES string of the molecule is Clc1c(-c2ccccc2-c2ccccc2)ccc(-c2ccccc2-c2ccccc2)c1Cl. The molecule has 0 heterocycles. The van der Waals surface area contributed by atoms with Crippen LogP contribution in [0.25, 0.3) is 44.5 Å². The molecule has 0 amide bonds. The lowest BCUT2D eigenvalue weighted by Crippen LogP contribution is -1.90. The first-order chi connectivity index (χ1) is 15.7. The van der Waals surface area contributed by atoms with Crippen LogP contribution in [0.4, 0.5) is 0 Å². The molecule has 0 atom stereocenters. The standard InChI is InChI=1S/C30H20Cl2/c31-29-27(25-17-9-7-15-23(25)21-11-3-1-4-12-21)19-20-28(30(29)32)26-18-10-8-16-24(26)22-13-5-2-6-14-22/h1-20H. The number of rotatable bonds is 4. The quantitative estimate of drug-likeness (QED) is 0.255. The van der Waals surface area contributed by atoms with E-state index in [1.54, 1.807) is 0 Å². The summed E-state index contributed by atoms with van der Waals surface area (Å²) in [6, 6.07) is 41.4. The highest BCUT2D eigenvalue weighted by molar-refractivity contribution is 6.45. The summed E-state index contributed by atoms with van der Waals surface area (Å²) in [6.45, 7) is 0. The lowest BCUT2D eigenvalue weighted by Gasteiger charge is -2.16. The smallest absolute Gasteiger partial charge is 0.0677 e. The lowest BCUT2D eigenvalue weighted by molar-refractivity contribution is 1.56. The molecule has 0 aliphatic heterocycles. The molecule has 0 saturated heterocycles. The summed E-state index contributed by atoms with van der Waals surface area (Å²) in [5.41, 5.74) is 8.53. The van der Waals surface area contributed by atoms with E-state index in [2.05, 4.69) is 60.7 Å². The van der Waals surface area contributed by atoms with Crippen molar-refractivity contribution in [3.05, 3.63) is 131 Å². The number of halogens is 2. The molecule has 0 aliphatic rings. The van der Waals surface area contributed by atoms with E-state index in [0.717, 1.165) is 44.5 Å². The van der Waals surface area contributed by atoms with Crippen LogP contribution in [0.5, 0.6) is 0 Å². The Bertz CT molecular complexity index is 1270. The summed E-state index contributed by atoms with van der Waals surface area (Å²) in [5, 5.41) is 1.13. The van der Waals surface area contributed by atoms with Crippen molar-refractivity contribution in [1.29, 1.82) is 0 Å². The highest BCUT2D eigenvalue weighted by Gasteiger charge is 2.17. The van der Waals surface area contributed by atoms with Crippen LogP contribution in [0.2, 0.25) is 10.0 Å². The largest absolute Gasteiger partial charge is 0.0820 e. The predicted molar refractivity (Wildman–Crippen MR) is 138 cm³/mol. The van der Waals surface area contributed by atoms with Crippen molar-refractivity contribution in [2.45, 2.75) is 0 Å². The van der Waals surface area contributed by atoms with Gasteiger partial charge in [-0.1, -0.05) is 145 Å². The zero-order chi connectivity index (χ0) is 21.9. The Morgan fingerprint density at radius 2 is 0.594 bits per heavy atom. The van der Waals surface area contributed by atoms with E-state index in [1.807, 2.05) is 60.7 Å². The van der Waals surface area contributed by atoms with E-state index in [4.69, 9.17) is 23.2 Å². The van der Waals surface area contributed by atoms with Gasteiger partial charge in [-0.2, -0.15) is 0 Å². The van der Waals surface area contributed by atoms with Crippen LogP contribution in [0, 0.1) is 0 Å². The fourth-order valence-electron chi connectivity index (χ4n) is 4.14. The number of benzene rings is 5. The van der Waals surface area contributed by atoms with Crippen molar-refractivity contribution >= 4 is 23.2 Å². The van der Waals surface area contributed by atoms with Gasteiger partial charge >= 0.3 is 0 Å². The molecule has 0 aliphatic carbocycles. The van der Waals surface area contributed by atoms with Gasteiger partial charge in [0.05, 0.1) is 10.0 Å². The van der Waals surface area contributed by atoms with Crippen LogP contribution in [0.15, 0.2) is 121 Å². The first-order valence-electron chi connectivity index (χ1n) is 10.5. The third-order valence-electron chi connectivity index (χ3n) is 5.69. The van der Waals surface area contributed by atoms with E-state index in [-0.39, 0.29) is 0 Å². The van der Waals surface area contributed by atoms with Crippen molar-refractivity contribution < 1.29 is 0 Å². The molecule has 2 heteroatoms. The molecule has 5 aromatic carbocycles. The molecule has 5 rings (SSSR count). The molecule has 154 valence electrons. The molecular formula is C30H20Cl2. The molecular weight excluding hydrogens is 431 g/mol. The summed E-state index contributed by atoms with van der Waals surface area (Å²) in [5.74, 6) is 0. The third-order valence-corrected chi connectivity index (χ3v) is 6.57. The summed E-state index contributed by atoms with van der Waals surface area (Å²) in [4.78, 5) is 0. The zero-order valence-electron chi connectivity index (χ0n) is 17.3. The minimum atomic E-state index is 0.565. The normalized spacial score (nSPS) is 10.8. The first-order valence-corrected chi connectivity index (χ1v) is 11.3. The Morgan fingerprint density at radius 3 is 0.969 bits per heavy atom. The minimum absolute atomic E-state index is 0.565. The Kier molecular flexibility index (Phi) is 5.81. The molecule has 0 N–H and O–H groups in total. The van der Waals surface area contributed by atoms with Gasteiger partial charge in [0.25, 0.3) is 0 Å². The summed E-state index contributed by atoms with van der Waals surface area (Å²) < 4.78 is 0. The maximum absolute atomic E-state index is 6.91. The van der Waals surface area contributed by atoms with Crippen LogP contribution in [0.1, 0.15) is 0 Å². The van der Waals surface area contributed by atoms with Gasteiger partial charge in [-0.3, -0.25) is 0 Å². The zero-order valence-corrected chi connectivity index (χ0v) is 18.8. The van der Waals surface area contributed by atoms with Gasteiger partial charge in [-0.05, 0) is 33.4 Å². The molecule has 0 aromatic heterocycles. The van der Waals surface area contributed by atoms with Crippen molar-refractivity contribution in [3.8, 4) is 44.5 Å². The molecule has 32 heavy (non-hydrogen) atoms. The number of hydrogen-bond donors (Lipinski definition) is 0. The highest BCUT2D eigenvalue weighted by Crippen LogP contribution is 2.44. The van der Waals surface area contributed by atoms with Gasteiger partial charge in [-0.25, -0.2) is 0 Å². The molecule has 0 fully saturated rings. The van der Waals surface area contributed by atoms with Gasteiger partial charge in [0.1, 0.15) is 0 Å². The summed E-state index contributed by atoms with van der Waals surface area (Å²) in [6.07, 6.45) is 0. The van der Waals surface area contributed by atoms with Crippen molar-refractivity contribution in [2.75, 3.05) is 0 Å². The molecule has 0 radical (unpaired) electrons. The number of hydrogen-bond acceptors (Lipinski definition) is 0. The molecule has 5 aromatic rings. The second kappa shape index (κ2) is 9.04. The third kappa shape index (κ3) is 3.84. The highest BCUT2D eigenvalue weighted by atomic mass is 35.5. The lowest BCUT2D eigenvalue weighted by atomic mass is 9.91. The van der Waals surface area contributed by atoms with Gasteiger partial charge in [-0.15, -0.1) is 0 Å². The van der Waals surface area contributed by atoms with Gasteiger partial charge < -0.3 is 0 Å². The Morgan fingerprint density at radius 1 is 0.281 bits per heavy atom. The maximum Gasteiger partial charge on any atom is 0.0677 e. The first kappa shape index (κ1) is 20.6. The molecule has 0 spiro atoms. The topological polar surface area (TPSA) is 0 Å².